The summed E-state index contributed by atoms with van der Waals surface area (Å²) in [7, 11) is 0. The van der Waals surface area contributed by atoms with Gasteiger partial charge in [0, 0.05) is 16.6 Å². The van der Waals surface area contributed by atoms with Gasteiger partial charge in [-0.2, -0.15) is 13.2 Å². The summed E-state index contributed by atoms with van der Waals surface area (Å²) in [5.41, 5.74) is 7.17. The molecule has 1 aromatic heterocycles. The molecule has 7 nitrogen and oxygen atoms in total. The lowest BCUT2D eigenvalue weighted by molar-refractivity contribution is -0.137. The van der Waals surface area contributed by atoms with Gasteiger partial charge < -0.3 is 20.8 Å². The van der Waals surface area contributed by atoms with Crippen molar-refractivity contribution in [1.82, 2.24) is 5.32 Å². The van der Waals surface area contributed by atoms with Crippen molar-refractivity contribution in [2.75, 3.05) is 5.32 Å². The van der Waals surface area contributed by atoms with Crippen molar-refractivity contribution in [3.8, 4) is 11.1 Å². The third-order valence-electron chi connectivity index (χ3n) is 6.39. The van der Waals surface area contributed by atoms with Crippen LogP contribution in [0.3, 0.4) is 0 Å². The van der Waals surface area contributed by atoms with Crippen molar-refractivity contribution >= 4 is 34.4 Å². The Kier molecular flexibility index (Phi) is 7.30. The molecule has 3 amide bonds. The number of anilines is 1. The van der Waals surface area contributed by atoms with Gasteiger partial charge in [-0.3, -0.25) is 14.4 Å². The van der Waals surface area contributed by atoms with E-state index >= 15 is 0 Å². The standard InChI is InChI=1S/C31H22F3N3O4/c32-31(33,34)21-12-10-18(11-13-21)23-8-4-5-9-24(23)29(39)36-22-14-15-25-20(16-22)17-26(41-25)30(40)37-27(28(35)38)19-6-2-1-3-7-19/h1-17,27H,(H2,35,38)(H,36,39)(H,37,40). The van der Waals surface area contributed by atoms with E-state index in [2.05, 4.69) is 10.6 Å². The van der Waals surface area contributed by atoms with Gasteiger partial charge in [0.25, 0.3) is 11.8 Å². The molecule has 5 rings (SSSR count). The highest BCUT2D eigenvalue weighted by Gasteiger charge is 2.30. The van der Waals surface area contributed by atoms with E-state index in [0.717, 1.165) is 12.1 Å². The van der Waals surface area contributed by atoms with Crippen LogP contribution in [0, 0.1) is 0 Å². The molecule has 0 bridgehead atoms. The fraction of sp³-hybridized carbons (Fsp3) is 0.0645. The Morgan fingerprint density at radius 3 is 2.15 bits per heavy atom. The van der Waals surface area contributed by atoms with Gasteiger partial charge in [-0.25, -0.2) is 0 Å². The van der Waals surface area contributed by atoms with Crippen LogP contribution < -0.4 is 16.4 Å². The Morgan fingerprint density at radius 1 is 0.780 bits per heavy atom. The summed E-state index contributed by atoms with van der Waals surface area (Å²) >= 11 is 0. The third-order valence-corrected chi connectivity index (χ3v) is 6.39. The van der Waals surface area contributed by atoms with Crippen molar-refractivity contribution in [3.63, 3.8) is 0 Å². The fourth-order valence-corrected chi connectivity index (χ4v) is 4.37. The molecule has 0 radical (unpaired) electrons. The van der Waals surface area contributed by atoms with Gasteiger partial charge in [-0.15, -0.1) is 0 Å². The Morgan fingerprint density at radius 2 is 1.46 bits per heavy atom. The van der Waals surface area contributed by atoms with Gasteiger partial charge in [0.1, 0.15) is 11.6 Å². The largest absolute Gasteiger partial charge is 0.451 e. The van der Waals surface area contributed by atoms with E-state index in [0.29, 0.717) is 33.3 Å². The molecule has 1 heterocycles. The number of carbonyl (C=O) groups excluding carboxylic acids is 3. The SMILES string of the molecule is NC(=O)C(NC(=O)c1cc2cc(NC(=O)c3ccccc3-c3ccc(C(F)(F)F)cc3)ccc2o1)c1ccccc1. The molecule has 4 N–H and O–H groups in total. The maximum atomic E-state index is 13.2. The van der Waals surface area contributed by atoms with Crippen LogP contribution in [0.4, 0.5) is 18.9 Å². The fourth-order valence-electron chi connectivity index (χ4n) is 4.37. The number of rotatable bonds is 7. The molecule has 1 unspecified atom stereocenters. The number of benzene rings is 4. The van der Waals surface area contributed by atoms with Gasteiger partial charge in [0.05, 0.1) is 5.56 Å². The normalized spacial score (nSPS) is 12.1. The van der Waals surface area contributed by atoms with Crippen LogP contribution in [0.5, 0.6) is 0 Å². The van der Waals surface area contributed by atoms with Crippen molar-refractivity contribution in [1.29, 1.82) is 0 Å². The second-order valence-corrected chi connectivity index (χ2v) is 9.16. The summed E-state index contributed by atoms with van der Waals surface area (Å²) in [6.07, 6.45) is -4.47. The number of halogens is 3. The highest BCUT2D eigenvalue weighted by Crippen LogP contribution is 2.32. The summed E-state index contributed by atoms with van der Waals surface area (Å²) < 4.78 is 44.6. The number of carbonyl (C=O) groups is 3. The minimum atomic E-state index is -4.47. The molecule has 0 aliphatic carbocycles. The van der Waals surface area contributed by atoms with Crippen molar-refractivity contribution < 1.29 is 32.0 Å². The zero-order valence-corrected chi connectivity index (χ0v) is 21.2. The van der Waals surface area contributed by atoms with Crippen LogP contribution >= 0.6 is 0 Å². The Labute approximate surface area is 231 Å². The average Bonchev–Trinajstić information content (AvgIpc) is 3.39. The topological polar surface area (TPSA) is 114 Å². The Balaban J connectivity index is 1.35. The number of nitrogens with two attached hydrogens (primary N) is 1. The molecule has 206 valence electrons. The molecule has 1 atom stereocenters. The van der Waals surface area contributed by atoms with Crippen LogP contribution in [0.15, 0.2) is 108 Å². The average molecular weight is 558 g/mol. The predicted octanol–water partition coefficient (Wildman–Crippen LogP) is 6.33. The summed E-state index contributed by atoms with van der Waals surface area (Å²) in [5, 5.41) is 5.87. The number of hydrogen-bond acceptors (Lipinski definition) is 4. The third kappa shape index (κ3) is 5.96. The lowest BCUT2D eigenvalue weighted by atomic mass is 9.98. The molecule has 0 saturated heterocycles. The van der Waals surface area contributed by atoms with Crippen LogP contribution in [-0.2, 0) is 11.0 Å². The van der Waals surface area contributed by atoms with Gasteiger partial charge in [0.15, 0.2) is 5.76 Å². The van der Waals surface area contributed by atoms with Crippen molar-refractivity contribution in [3.05, 3.63) is 126 Å². The number of nitrogens with one attached hydrogen (secondary N) is 2. The van der Waals surface area contributed by atoms with E-state index in [1.165, 1.54) is 18.2 Å². The number of fused-ring (bicyclic) bond motifs is 1. The summed E-state index contributed by atoms with van der Waals surface area (Å²) in [6, 6.07) is 24.9. The van der Waals surface area contributed by atoms with Gasteiger partial charge >= 0.3 is 6.18 Å². The summed E-state index contributed by atoms with van der Waals surface area (Å²) in [5.74, 6) is -1.92. The first kappa shape index (κ1) is 27.2. The minimum Gasteiger partial charge on any atom is -0.451 e. The van der Waals surface area contributed by atoms with Gasteiger partial charge in [-0.1, -0.05) is 60.7 Å². The van der Waals surface area contributed by atoms with Crippen LogP contribution in [-0.4, -0.2) is 17.7 Å². The molecule has 10 heteroatoms. The number of primary amides is 1. The summed E-state index contributed by atoms with van der Waals surface area (Å²) in [6.45, 7) is 0. The molecule has 0 aliphatic rings. The van der Waals surface area contributed by atoms with E-state index in [-0.39, 0.29) is 11.3 Å². The maximum Gasteiger partial charge on any atom is 0.416 e. The number of hydrogen-bond donors (Lipinski definition) is 3. The first-order valence-corrected chi connectivity index (χ1v) is 12.4. The number of furan rings is 1. The van der Waals surface area contributed by atoms with Crippen LogP contribution in [0.25, 0.3) is 22.1 Å². The van der Waals surface area contributed by atoms with Gasteiger partial charge in [0.2, 0.25) is 5.91 Å². The lowest BCUT2D eigenvalue weighted by Gasteiger charge is -2.14. The number of alkyl halides is 3. The molecule has 41 heavy (non-hydrogen) atoms. The zero-order chi connectivity index (χ0) is 29.1. The Hall–Kier alpha value is -5.38. The van der Waals surface area contributed by atoms with E-state index in [4.69, 9.17) is 10.2 Å². The second kappa shape index (κ2) is 11.0. The minimum absolute atomic E-state index is 0.0571. The van der Waals surface area contributed by atoms with Gasteiger partial charge in [-0.05, 0) is 59.2 Å². The van der Waals surface area contributed by atoms with E-state index < -0.39 is 35.5 Å². The van der Waals surface area contributed by atoms with E-state index in [9.17, 15) is 27.6 Å². The van der Waals surface area contributed by atoms with E-state index in [1.807, 2.05) is 0 Å². The maximum absolute atomic E-state index is 13.2. The molecular formula is C31H22F3N3O4. The first-order chi connectivity index (χ1) is 19.6. The van der Waals surface area contributed by atoms with Crippen LogP contribution in [0.1, 0.15) is 38.1 Å². The number of amides is 3. The molecule has 0 aliphatic heterocycles. The predicted molar refractivity (Wildman–Crippen MR) is 147 cm³/mol. The Bertz CT molecular complexity index is 1750. The second-order valence-electron chi connectivity index (χ2n) is 9.16. The van der Waals surface area contributed by atoms with Crippen molar-refractivity contribution in [2.45, 2.75) is 12.2 Å². The molecule has 5 aromatic rings. The molecular weight excluding hydrogens is 535 g/mol. The summed E-state index contributed by atoms with van der Waals surface area (Å²) in [4.78, 5) is 38.0. The smallest absolute Gasteiger partial charge is 0.416 e. The molecule has 4 aromatic carbocycles. The highest BCUT2D eigenvalue weighted by molar-refractivity contribution is 6.09. The quantitative estimate of drug-likeness (QED) is 0.217. The van der Waals surface area contributed by atoms with Crippen molar-refractivity contribution in [2.24, 2.45) is 5.73 Å². The zero-order valence-electron chi connectivity index (χ0n) is 21.2. The highest BCUT2D eigenvalue weighted by atomic mass is 19.4. The monoisotopic (exact) mass is 557 g/mol. The first-order valence-electron chi connectivity index (χ1n) is 12.4. The van der Waals surface area contributed by atoms with E-state index in [1.54, 1.807) is 72.8 Å². The molecule has 0 saturated carbocycles. The lowest BCUT2D eigenvalue weighted by Crippen LogP contribution is -2.37. The van der Waals surface area contributed by atoms with Crippen LogP contribution in [0.2, 0.25) is 0 Å². The molecule has 0 spiro atoms. The molecule has 0 fully saturated rings.